The maximum atomic E-state index is 5.93. The van der Waals surface area contributed by atoms with Gasteiger partial charge in [-0.2, -0.15) is 0 Å². The van der Waals surface area contributed by atoms with E-state index in [1.165, 1.54) is 11.1 Å². The van der Waals surface area contributed by atoms with Crippen LogP contribution in [0.5, 0.6) is 0 Å². The highest BCUT2D eigenvalue weighted by molar-refractivity contribution is 14.0. The Kier molecular flexibility index (Phi) is 7.22. The van der Waals surface area contributed by atoms with E-state index < -0.39 is 0 Å². The second kappa shape index (κ2) is 9.47. The first kappa shape index (κ1) is 22.1. The minimum absolute atomic E-state index is 0. The third-order valence-electron chi connectivity index (χ3n) is 6.49. The van der Waals surface area contributed by atoms with Gasteiger partial charge in [0.2, 0.25) is 0 Å². The van der Waals surface area contributed by atoms with Gasteiger partial charge in [0.05, 0.1) is 6.10 Å². The smallest absolute Gasteiger partial charge is 0.191 e. The fourth-order valence-electron chi connectivity index (χ4n) is 4.96. The molecule has 156 valence electrons. The molecule has 1 aliphatic carbocycles. The molecule has 0 spiro atoms. The van der Waals surface area contributed by atoms with Gasteiger partial charge in [-0.25, -0.2) is 0 Å². The molecule has 29 heavy (non-hydrogen) atoms. The largest absolute Gasteiger partial charge is 0.377 e. The van der Waals surface area contributed by atoms with Gasteiger partial charge in [-0.15, -0.1) is 24.0 Å². The highest BCUT2D eigenvalue weighted by atomic mass is 127. The van der Waals surface area contributed by atoms with Crippen LogP contribution in [0.2, 0.25) is 0 Å². The number of nitrogens with one attached hydrogen (secondary N) is 2. The number of fused-ring (bicyclic) bond motifs is 1. The van der Waals surface area contributed by atoms with E-state index in [4.69, 9.17) is 4.74 Å². The highest BCUT2D eigenvalue weighted by Crippen LogP contribution is 2.52. The van der Waals surface area contributed by atoms with Gasteiger partial charge in [-0.05, 0) is 17.5 Å². The second-order valence-electron chi connectivity index (χ2n) is 8.51. The zero-order valence-corrected chi connectivity index (χ0v) is 19.8. The summed E-state index contributed by atoms with van der Waals surface area (Å²) in [7, 11) is 1.85. The Bertz CT molecular complexity index is 770. The summed E-state index contributed by atoms with van der Waals surface area (Å²) in [4.78, 5) is 4.50. The van der Waals surface area contributed by atoms with E-state index >= 15 is 0 Å². The van der Waals surface area contributed by atoms with Crippen LogP contribution in [0, 0.1) is 11.3 Å². The summed E-state index contributed by atoms with van der Waals surface area (Å²) in [5.74, 6) is 1.74. The van der Waals surface area contributed by atoms with Crippen molar-refractivity contribution in [2.75, 3.05) is 20.2 Å². The zero-order chi connectivity index (χ0) is 19.6. The minimum Gasteiger partial charge on any atom is -0.377 e. The Balaban J connectivity index is 0.00000240. The molecule has 0 amide bonds. The van der Waals surface area contributed by atoms with Crippen LogP contribution in [0.3, 0.4) is 0 Å². The molecule has 2 fully saturated rings. The third kappa shape index (κ3) is 4.45. The lowest BCUT2D eigenvalue weighted by Crippen LogP contribution is -2.68. The molecule has 1 saturated carbocycles. The number of rotatable bonds is 5. The van der Waals surface area contributed by atoms with Crippen molar-refractivity contribution in [3.63, 3.8) is 0 Å². The average Bonchev–Trinajstić information content (AvgIpc) is 3.19. The molecule has 3 atom stereocenters. The van der Waals surface area contributed by atoms with E-state index in [2.05, 4.69) is 90.1 Å². The number of halogens is 1. The molecular formula is C24H32IN3O. The van der Waals surface area contributed by atoms with Crippen molar-refractivity contribution in [3.8, 4) is 0 Å². The van der Waals surface area contributed by atoms with Crippen LogP contribution in [0.4, 0.5) is 0 Å². The predicted octanol–water partition coefficient (Wildman–Crippen LogP) is 4.42. The van der Waals surface area contributed by atoms with Crippen molar-refractivity contribution in [1.82, 2.24) is 10.6 Å². The summed E-state index contributed by atoms with van der Waals surface area (Å²) in [6.45, 7) is 6.26. The van der Waals surface area contributed by atoms with Crippen LogP contribution in [0.25, 0.3) is 0 Å². The number of ether oxygens (including phenoxy) is 1. The van der Waals surface area contributed by atoms with Gasteiger partial charge in [0, 0.05) is 43.5 Å². The first-order valence-corrected chi connectivity index (χ1v) is 10.3. The molecule has 0 radical (unpaired) electrons. The summed E-state index contributed by atoms with van der Waals surface area (Å²) < 4.78 is 5.93. The molecule has 2 aromatic rings. The Morgan fingerprint density at radius 1 is 1.07 bits per heavy atom. The molecule has 3 unspecified atom stereocenters. The Morgan fingerprint density at radius 2 is 1.66 bits per heavy atom. The molecular weight excluding hydrogens is 473 g/mol. The van der Waals surface area contributed by atoms with Gasteiger partial charge in [-0.3, -0.25) is 4.99 Å². The zero-order valence-electron chi connectivity index (χ0n) is 17.5. The van der Waals surface area contributed by atoms with Crippen LogP contribution in [0.1, 0.15) is 37.3 Å². The van der Waals surface area contributed by atoms with Crippen molar-refractivity contribution in [2.24, 2.45) is 16.3 Å². The van der Waals surface area contributed by atoms with Crippen molar-refractivity contribution < 1.29 is 4.74 Å². The van der Waals surface area contributed by atoms with Crippen molar-refractivity contribution in [2.45, 2.75) is 38.3 Å². The molecule has 1 aliphatic heterocycles. The van der Waals surface area contributed by atoms with E-state index in [0.717, 1.165) is 25.5 Å². The monoisotopic (exact) mass is 505 g/mol. The summed E-state index contributed by atoms with van der Waals surface area (Å²) >= 11 is 0. The van der Waals surface area contributed by atoms with Gasteiger partial charge in [-0.1, -0.05) is 74.5 Å². The SMILES string of the molecule is CN=C(NCC(c1ccccc1)c1ccccc1)NC1C2CCOC2C1(C)C.I. The summed E-state index contributed by atoms with van der Waals surface area (Å²) in [5.41, 5.74) is 2.76. The molecule has 2 aromatic carbocycles. The quantitative estimate of drug-likeness (QED) is 0.360. The number of hydrogen-bond donors (Lipinski definition) is 2. The number of nitrogens with zero attached hydrogens (tertiary/aromatic N) is 1. The molecule has 2 N–H and O–H groups in total. The second-order valence-corrected chi connectivity index (χ2v) is 8.51. The molecule has 4 rings (SSSR count). The van der Waals surface area contributed by atoms with Gasteiger partial charge < -0.3 is 15.4 Å². The first-order chi connectivity index (χ1) is 13.6. The maximum Gasteiger partial charge on any atom is 0.191 e. The molecule has 0 bridgehead atoms. The van der Waals surface area contributed by atoms with E-state index in [9.17, 15) is 0 Å². The lowest BCUT2D eigenvalue weighted by molar-refractivity contribution is -0.106. The normalized spacial score (nSPS) is 25.0. The summed E-state index contributed by atoms with van der Waals surface area (Å²) in [6, 6.07) is 21.8. The molecule has 2 aliphatic rings. The lowest BCUT2D eigenvalue weighted by Gasteiger charge is -2.55. The van der Waals surface area contributed by atoms with Crippen LogP contribution in [-0.2, 0) is 4.74 Å². The Hall–Kier alpha value is -1.60. The highest BCUT2D eigenvalue weighted by Gasteiger charge is 2.59. The third-order valence-corrected chi connectivity index (χ3v) is 6.49. The van der Waals surface area contributed by atoms with Crippen LogP contribution >= 0.6 is 24.0 Å². The molecule has 0 aromatic heterocycles. The van der Waals surface area contributed by atoms with Crippen LogP contribution < -0.4 is 10.6 Å². The van der Waals surface area contributed by atoms with E-state index in [1.807, 2.05) is 7.05 Å². The van der Waals surface area contributed by atoms with E-state index in [1.54, 1.807) is 0 Å². The maximum absolute atomic E-state index is 5.93. The molecule has 4 nitrogen and oxygen atoms in total. The number of guanidine groups is 1. The van der Waals surface area contributed by atoms with Crippen molar-refractivity contribution in [1.29, 1.82) is 0 Å². The van der Waals surface area contributed by atoms with Crippen molar-refractivity contribution >= 4 is 29.9 Å². The topological polar surface area (TPSA) is 45.7 Å². The van der Waals surface area contributed by atoms with E-state index in [-0.39, 0.29) is 35.3 Å². The molecule has 1 heterocycles. The number of hydrogen-bond acceptors (Lipinski definition) is 2. The van der Waals surface area contributed by atoms with Crippen LogP contribution in [0.15, 0.2) is 65.7 Å². The van der Waals surface area contributed by atoms with E-state index in [0.29, 0.717) is 18.1 Å². The molecule has 1 saturated heterocycles. The van der Waals surface area contributed by atoms with Crippen molar-refractivity contribution in [3.05, 3.63) is 71.8 Å². The van der Waals surface area contributed by atoms with Gasteiger partial charge in [0.1, 0.15) is 0 Å². The Morgan fingerprint density at radius 3 is 2.21 bits per heavy atom. The van der Waals surface area contributed by atoms with Crippen LogP contribution in [-0.4, -0.2) is 38.3 Å². The van der Waals surface area contributed by atoms with Gasteiger partial charge >= 0.3 is 0 Å². The van der Waals surface area contributed by atoms with Gasteiger partial charge in [0.15, 0.2) is 5.96 Å². The number of aliphatic imine (C=N–C) groups is 1. The predicted molar refractivity (Wildman–Crippen MR) is 130 cm³/mol. The summed E-state index contributed by atoms with van der Waals surface area (Å²) in [6.07, 6.45) is 1.52. The fourth-order valence-corrected chi connectivity index (χ4v) is 4.96. The minimum atomic E-state index is 0. The lowest BCUT2D eigenvalue weighted by atomic mass is 9.57. The summed E-state index contributed by atoms with van der Waals surface area (Å²) in [5, 5.41) is 7.26. The Labute approximate surface area is 191 Å². The first-order valence-electron chi connectivity index (χ1n) is 10.3. The molecule has 5 heteroatoms. The average molecular weight is 505 g/mol. The fraction of sp³-hybridized carbons (Fsp3) is 0.458. The standard InChI is InChI=1S/C24H31N3O.HI/c1-24(2)21(19-14-15-28-22(19)24)27-23(25-3)26-16-20(17-10-6-4-7-11-17)18-12-8-5-9-13-18;/h4-13,19-22H,14-16H2,1-3H3,(H2,25,26,27);1H. The van der Waals surface area contributed by atoms with Gasteiger partial charge in [0.25, 0.3) is 0 Å². The number of benzene rings is 2.